The number of amides is 1. The van der Waals surface area contributed by atoms with Crippen LogP contribution in [0.1, 0.15) is 16.8 Å². The maximum atomic E-state index is 12.6. The zero-order chi connectivity index (χ0) is 14.7. The molecule has 1 aromatic carbocycles. The molecule has 6 nitrogen and oxygen atoms in total. The Hall–Kier alpha value is -1.95. The third kappa shape index (κ3) is 2.65. The first-order chi connectivity index (χ1) is 9.58. The van der Waals surface area contributed by atoms with Crippen LogP contribution in [0.2, 0.25) is 0 Å². The smallest absolute Gasteiger partial charge is 0.256 e. The second kappa shape index (κ2) is 6.00. The van der Waals surface area contributed by atoms with Gasteiger partial charge in [0.15, 0.2) is 0 Å². The van der Waals surface area contributed by atoms with Crippen molar-refractivity contribution in [2.45, 2.75) is 12.5 Å². The average Bonchev–Trinajstić information content (AvgIpc) is 3.00. The molecule has 2 N–H and O–H groups in total. The zero-order valence-corrected chi connectivity index (χ0v) is 12.0. The summed E-state index contributed by atoms with van der Waals surface area (Å²) >= 11 is 0. The summed E-state index contributed by atoms with van der Waals surface area (Å²) in [5.41, 5.74) is 6.70. The van der Waals surface area contributed by atoms with E-state index in [0.29, 0.717) is 36.0 Å². The van der Waals surface area contributed by atoms with Crippen LogP contribution in [0.25, 0.3) is 0 Å². The first-order valence-corrected chi connectivity index (χ1v) is 6.45. The number of methoxy groups -OCH3 is 2. The van der Waals surface area contributed by atoms with Crippen molar-refractivity contribution in [3.8, 4) is 11.5 Å². The molecular weight excluding hydrogens is 260 g/mol. The number of anilines is 1. The third-order valence-electron chi connectivity index (χ3n) is 3.58. The highest BCUT2D eigenvalue weighted by molar-refractivity contribution is 6.01. The molecule has 0 spiro atoms. The SMILES string of the molecule is COc1cc(OC)c(N)c(C(=O)N(C)C2CCOC2)c1. The molecule has 1 aliphatic rings. The largest absolute Gasteiger partial charge is 0.497 e. The topological polar surface area (TPSA) is 74.0 Å². The number of nitrogens with zero attached hydrogens (tertiary/aromatic N) is 1. The van der Waals surface area contributed by atoms with Crippen molar-refractivity contribution in [2.24, 2.45) is 0 Å². The van der Waals surface area contributed by atoms with Crippen LogP contribution >= 0.6 is 0 Å². The molecule has 20 heavy (non-hydrogen) atoms. The summed E-state index contributed by atoms with van der Waals surface area (Å²) in [4.78, 5) is 14.2. The number of benzene rings is 1. The number of ether oxygens (including phenoxy) is 3. The van der Waals surface area contributed by atoms with Crippen LogP contribution in [-0.2, 0) is 4.74 Å². The van der Waals surface area contributed by atoms with Gasteiger partial charge in [-0.25, -0.2) is 0 Å². The van der Waals surface area contributed by atoms with Crippen molar-refractivity contribution < 1.29 is 19.0 Å². The lowest BCUT2D eigenvalue weighted by Crippen LogP contribution is -2.37. The number of carbonyl (C=O) groups is 1. The molecule has 1 aliphatic heterocycles. The number of nitrogen functional groups attached to an aromatic ring is 1. The van der Waals surface area contributed by atoms with Crippen molar-refractivity contribution in [1.29, 1.82) is 0 Å². The van der Waals surface area contributed by atoms with Gasteiger partial charge in [-0.15, -0.1) is 0 Å². The molecule has 0 aliphatic carbocycles. The van der Waals surface area contributed by atoms with Crippen LogP contribution in [-0.4, -0.2) is 51.3 Å². The number of nitrogens with two attached hydrogens (primary N) is 1. The molecular formula is C14H20N2O4. The molecule has 6 heteroatoms. The van der Waals surface area contributed by atoms with Crippen LogP contribution in [0.15, 0.2) is 12.1 Å². The quantitative estimate of drug-likeness (QED) is 0.837. The number of likely N-dealkylation sites (N-methyl/N-ethyl adjacent to an activating group) is 1. The standard InChI is InChI=1S/C14H20N2O4/c1-16(9-4-5-20-8-9)14(17)11-6-10(18-2)7-12(19-3)13(11)15/h6-7,9H,4-5,8,15H2,1-3H3. The van der Waals surface area contributed by atoms with E-state index >= 15 is 0 Å². The van der Waals surface area contributed by atoms with Gasteiger partial charge in [0.05, 0.1) is 38.1 Å². The lowest BCUT2D eigenvalue weighted by molar-refractivity contribution is 0.0711. The molecule has 0 saturated carbocycles. The number of hydrogen-bond acceptors (Lipinski definition) is 5. The monoisotopic (exact) mass is 280 g/mol. The summed E-state index contributed by atoms with van der Waals surface area (Å²) in [5.74, 6) is 0.814. The second-order valence-electron chi connectivity index (χ2n) is 4.72. The van der Waals surface area contributed by atoms with Gasteiger partial charge in [-0.2, -0.15) is 0 Å². The summed E-state index contributed by atoms with van der Waals surface area (Å²) in [7, 11) is 4.80. The van der Waals surface area contributed by atoms with Crippen molar-refractivity contribution in [2.75, 3.05) is 40.2 Å². The van der Waals surface area contributed by atoms with Crippen LogP contribution in [0.3, 0.4) is 0 Å². The van der Waals surface area contributed by atoms with E-state index in [9.17, 15) is 4.79 Å². The fourth-order valence-electron chi connectivity index (χ4n) is 2.25. The minimum Gasteiger partial charge on any atom is -0.497 e. The van der Waals surface area contributed by atoms with Crippen molar-refractivity contribution in [3.63, 3.8) is 0 Å². The predicted octanol–water partition coefficient (Wildman–Crippen LogP) is 1.15. The van der Waals surface area contributed by atoms with E-state index in [4.69, 9.17) is 19.9 Å². The van der Waals surface area contributed by atoms with E-state index in [1.54, 1.807) is 24.1 Å². The van der Waals surface area contributed by atoms with Gasteiger partial charge in [-0.3, -0.25) is 4.79 Å². The normalized spacial score (nSPS) is 17.9. The highest BCUT2D eigenvalue weighted by atomic mass is 16.5. The van der Waals surface area contributed by atoms with Crippen LogP contribution in [0, 0.1) is 0 Å². The maximum Gasteiger partial charge on any atom is 0.256 e. The number of hydrogen-bond donors (Lipinski definition) is 1. The minimum absolute atomic E-state index is 0.0825. The van der Waals surface area contributed by atoms with Gasteiger partial charge in [0.2, 0.25) is 0 Å². The molecule has 110 valence electrons. The van der Waals surface area contributed by atoms with E-state index in [-0.39, 0.29) is 11.9 Å². The molecule has 1 atom stereocenters. The fraction of sp³-hybridized carbons (Fsp3) is 0.500. The van der Waals surface area contributed by atoms with Crippen molar-refractivity contribution >= 4 is 11.6 Å². The van der Waals surface area contributed by atoms with E-state index < -0.39 is 0 Å². The zero-order valence-electron chi connectivity index (χ0n) is 12.0. The highest BCUT2D eigenvalue weighted by Crippen LogP contribution is 2.32. The van der Waals surface area contributed by atoms with Crippen molar-refractivity contribution in [3.05, 3.63) is 17.7 Å². The molecule has 1 unspecified atom stereocenters. The molecule has 1 saturated heterocycles. The molecule has 2 rings (SSSR count). The lowest BCUT2D eigenvalue weighted by Gasteiger charge is -2.24. The Morgan fingerprint density at radius 3 is 2.70 bits per heavy atom. The fourth-order valence-corrected chi connectivity index (χ4v) is 2.25. The van der Waals surface area contributed by atoms with Gasteiger partial charge in [-0.05, 0) is 12.5 Å². The van der Waals surface area contributed by atoms with Gasteiger partial charge in [0, 0.05) is 19.7 Å². The van der Waals surface area contributed by atoms with Gasteiger partial charge in [0.1, 0.15) is 11.5 Å². The molecule has 1 fully saturated rings. The Morgan fingerprint density at radius 2 is 2.15 bits per heavy atom. The van der Waals surface area contributed by atoms with Gasteiger partial charge in [-0.1, -0.05) is 0 Å². The first kappa shape index (κ1) is 14.5. The van der Waals surface area contributed by atoms with Crippen LogP contribution in [0.4, 0.5) is 5.69 Å². The van der Waals surface area contributed by atoms with Gasteiger partial charge >= 0.3 is 0 Å². The van der Waals surface area contributed by atoms with E-state index in [1.807, 2.05) is 0 Å². The predicted molar refractivity (Wildman–Crippen MR) is 75.3 cm³/mol. The number of rotatable bonds is 4. The Labute approximate surface area is 118 Å². The van der Waals surface area contributed by atoms with Gasteiger partial charge < -0.3 is 24.8 Å². The average molecular weight is 280 g/mol. The number of carbonyl (C=O) groups excluding carboxylic acids is 1. The molecule has 0 aromatic heterocycles. The third-order valence-corrected chi connectivity index (χ3v) is 3.58. The summed E-state index contributed by atoms with van der Waals surface area (Å²) in [6.07, 6.45) is 0.837. The summed E-state index contributed by atoms with van der Waals surface area (Å²) in [5, 5.41) is 0. The van der Waals surface area contributed by atoms with E-state index in [1.165, 1.54) is 14.2 Å². The summed E-state index contributed by atoms with van der Waals surface area (Å²) in [6, 6.07) is 3.37. The van der Waals surface area contributed by atoms with E-state index in [0.717, 1.165) is 6.42 Å². The van der Waals surface area contributed by atoms with Gasteiger partial charge in [0.25, 0.3) is 5.91 Å². The van der Waals surface area contributed by atoms with Crippen LogP contribution < -0.4 is 15.2 Å². The second-order valence-corrected chi connectivity index (χ2v) is 4.72. The Bertz CT molecular complexity index is 498. The Morgan fingerprint density at radius 1 is 1.40 bits per heavy atom. The van der Waals surface area contributed by atoms with Crippen molar-refractivity contribution in [1.82, 2.24) is 4.90 Å². The molecule has 1 heterocycles. The Balaban J connectivity index is 2.32. The lowest BCUT2D eigenvalue weighted by atomic mass is 10.1. The summed E-state index contributed by atoms with van der Waals surface area (Å²) in [6.45, 7) is 1.24. The van der Waals surface area contributed by atoms with E-state index in [2.05, 4.69) is 0 Å². The van der Waals surface area contributed by atoms with Crippen LogP contribution in [0.5, 0.6) is 11.5 Å². The molecule has 1 amide bonds. The highest BCUT2D eigenvalue weighted by Gasteiger charge is 2.27. The molecule has 0 bridgehead atoms. The minimum atomic E-state index is -0.157. The summed E-state index contributed by atoms with van der Waals surface area (Å²) < 4.78 is 15.7. The first-order valence-electron chi connectivity index (χ1n) is 6.45. The molecule has 1 aromatic rings. The molecule has 0 radical (unpaired) electrons. The Kier molecular flexibility index (Phi) is 4.34. The maximum absolute atomic E-state index is 12.6.